The summed E-state index contributed by atoms with van der Waals surface area (Å²) in [6.07, 6.45) is 0. The molecule has 0 spiro atoms. The molecule has 7 heteroatoms. The number of benzene rings is 2. The average Bonchev–Trinajstić information content (AvgIpc) is 3.21. The first-order chi connectivity index (χ1) is 13.6. The molecule has 0 bridgehead atoms. The maximum atomic E-state index is 6.09. The molecule has 1 unspecified atom stereocenters. The number of aromatic nitrogens is 1. The molecular weight excluding hydrogens is 356 g/mol. The third-order valence-corrected chi connectivity index (χ3v) is 5.09. The van der Waals surface area contributed by atoms with Gasteiger partial charge < -0.3 is 24.6 Å². The quantitative estimate of drug-likeness (QED) is 0.552. The minimum Gasteiger partial charge on any atom is -0.497 e. The second-order valence-corrected chi connectivity index (χ2v) is 6.85. The number of morpholine rings is 1. The van der Waals surface area contributed by atoms with Crippen LogP contribution in [0.3, 0.4) is 0 Å². The van der Waals surface area contributed by atoms with Gasteiger partial charge in [0.15, 0.2) is 5.96 Å². The molecule has 2 heterocycles. The van der Waals surface area contributed by atoms with Crippen LogP contribution in [0.1, 0.15) is 24.1 Å². The Balaban J connectivity index is 1.53. The first kappa shape index (κ1) is 18.3. The van der Waals surface area contributed by atoms with E-state index in [1.54, 1.807) is 7.11 Å². The number of hydrogen-bond acceptors (Lipinski definition) is 5. The number of fused-ring (bicyclic) bond motifs is 1. The molecule has 2 N–H and O–H groups in total. The van der Waals surface area contributed by atoms with E-state index in [4.69, 9.17) is 19.7 Å². The number of nitrogens with two attached hydrogens (primary N) is 1. The molecule has 28 heavy (non-hydrogen) atoms. The molecule has 1 saturated heterocycles. The van der Waals surface area contributed by atoms with Gasteiger partial charge in [-0.15, -0.1) is 0 Å². The zero-order valence-corrected chi connectivity index (χ0v) is 16.1. The average molecular weight is 380 g/mol. The Labute approximate surface area is 163 Å². The highest BCUT2D eigenvalue weighted by Gasteiger charge is 2.17. The second-order valence-electron chi connectivity index (χ2n) is 6.85. The lowest BCUT2D eigenvalue weighted by Crippen LogP contribution is -2.44. The van der Waals surface area contributed by atoms with Crippen molar-refractivity contribution in [3.63, 3.8) is 0 Å². The van der Waals surface area contributed by atoms with Crippen LogP contribution < -0.4 is 10.5 Å². The Morgan fingerprint density at radius 1 is 1.14 bits per heavy atom. The number of methoxy groups -OCH3 is 1. The number of hydrogen-bond donors (Lipinski definition) is 1. The molecule has 1 aromatic heterocycles. The van der Waals surface area contributed by atoms with Crippen LogP contribution in [0.2, 0.25) is 0 Å². The van der Waals surface area contributed by atoms with Crippen LogP contribution in [-0.2, 0) is 4.74 Å². The standard InChI is InChI=1S/C21H24N4O3/c1-14(15-3-4-17-12-18(26-2)6-5-16(17)11-15)19-13-20(28-24-19)23-21(22)25-7-9-27-10-8-25/h3-6,11-14H,7-10H2,1-2H3,(H2,22,23). The predicted molar refractivity (Wildman–Crippen MR) is 108 cm³/mol. The number of nitrogens with zero attached hydrogens (tertiary/aromatic N) is 3. The van der Waals surface area contributed by atoms with E-state index in [9.17, 15) is 0 Å². The summed E-state index contributed by atoms with van der Waals surface area (Å²) >= 11 is 0. The molecule has 1 aliphatic heterocycles. The normalized spacial score (nSPS) is 16.4. The summed E-state index contributed by atoms with van der Waals surface area (Å²) in [6.45, 7) is 4.87. The molecule has 3 aromatic rings. The van der Waals surface area contributed by atoms with Gasteiger partial charge in [-0.1, -0.05) is 36.3 Å². The number of guanidine groups is 1. The first-order valence-electron chi connectivity index (χ1n) is 9.35. The minimum absolute atomic E-state index is 0.0730. The van der Waals surface area contributed by atoms with Gasteiger partial charge in [0.25, 0.3) is 5.88 Å². The molecule has 2 aromatic carbocycles. The van der Waals surface area contributed by atoms with Crippen molar-refractivity contribution in [2.24, 2.45) is 10.7 Å². The SMILES string of the molecule is COc1ccc2cc(C(C)c3cc(/N=C(/N)N4CCOCC4)on3)ccc2c1. The molecule has 4 rings (SSSR count). The van der Waals surface area contributed by atoms with Gasteiger partial charge in [0.05, 0.1) is 26.0 Å². The zero-order valence-electron chi connectivity index (χ0n) is 16.1. The third-order valence-electron chi connectivity index (χ3n) is 5.09. The van der Waals surface area contributed by atoms with Crippen molar-refractivity contribution >= 4 is 22.6 Å². The minimum atomic E-state index is 0.0730. The molecule has 1 fully saturated rings. The predicted octanol–water partition coefficient (Wildman–Crippen LogP) is 3.27. The molecule has 0 aliphatic carbocycles. The summed E-state index contributed by atoms with van der Waals surface area (Å²) in [4.78, 5) is 6.35. The maximum absolute atomic E-state index is 6.09. The number of rotatable bonds is 4. The van der Waals surface area contributed by atoms with Crippen LogP contribution in [0.4, 0.5) is 5.88 Å². The topological polar surface area (TPSA) is 86.1 Å². The summed E-state index contributed by atoms with van der Waals surface area (Å²) in [7, 11) is 1.67. The largest absolute Gasteiger partial charge is 0.497 e. The van der Waals surface area contributed by atoms with Crippen LogP contribution in [0.25, 0.3) is 10.8 Å². The lowest BCUT2D eigenvalue weighted by molar-refractivity contribution is 0.0675. The van der Waals surface area contributed by atoms with Crippen molar-refractivity contribution in [3.05, 3.63) is 53.7 Å². The molecule has 7 nitrogen and oxygen atoms in total. The Kier molecular flexibility index (Phi) is 5.16. The second kappa shape index (κ2) is 7.90. The smallest absolute Gasteiger partial charge is 0.253 e. The highest BCUT2D eigenvalue weighted by Crippen LogP contribution is 2.30. The van der Waals surface area contributed by atoms with Gasteiger partial charge in [-0.2, -0.15) is 4.99 Å². The third kappa shape index (κ3) is 3.80. The Morgan fingerprint density at radius 2 is 1.89 bits per heavy atom. The summed E-state index contributed by atoms with van der Waals surface area (Å²) in [5.41, 5.74) is 8.06. The van der Waals surface area contributed by atoms with E-state index in [1.807, 2.05) is 23.1 Å². The van der Waals surface area contributed by atoms with Crippen molar-refractivity contribution in [1.29, 1.82) is 0 Å². The van der Waals surface area contributed by atoms with Crippen molar-refractivity contribution in [3.8, 4) is 5.75 Å². The monoisotopic (exact) mass is 380 g/mol. The van der Waals surface area contributed by atoms with Gasteiger partial charge in [-0.25, -0.2) is 0 Å². The fourth-order valence-corrected chi connectivity index (χ4v) is 3.32. The van der Waals surface area contributed by atoms with Crippen LogP contribution >= 0.6 is 0 Å². The first-order valence-corrected chi connectivity index (χ1v) is 9.35. The lowest BCUT2D eigenvalue weighted by Gasteiger charge is -2.27. The van der Waals surface area contributed by atoms with Crippen LogP contribution in [0, 0.1) is 0 Å². The van der Waals surface area contributed by atoms with Crippen molar-refractivity contribution < 1.29 is 14.0 Å². The molecule has 0 radical (unpaired) electrons. The summed E-state index contributed by atoms with van der Waals surface area (Å²) in [6, 6.07) is 14.3. The summed E-state index contributed by atoms with van der Waals surface area (Å²) in [5, 5.41) is 6.49. The van der Waals surface area contributed by atoms with Crippen LogP contribution in [0.5, 0.6) is 5.75 Å². The molecule has 146 valence electrons. The van der Waals surface area contributed by atoms with E-state index in [1.165, 1.54) is 0 Å². The molecule has 1 aliphatic rings. The van der Waals surface area contributed by atoms with E-state index >= 15 is 0 Å². The van der Waals surface area contributed by atoms with Gasteiger partial charge in [-0.05, 0) is 28.5 Å². The van der Waals surface area contributed by atoms with E-state index in [0.717, 1.165) is 40.9 Å². The Bertz CT molecular complexity index is 992. The van der Waals surface area contributed by atoms with Crippen LogP contribution in [-0.4, -0.2) is 49.4 Å². The Hall–Kier alpha value is -3.06. The van der Waals surface area contributed by atoms with Gasteiger partial charge >= 0.3 is 0 Å². The summed E-state index contributed by atoms with van der Waals surface area (Å²) in [5.74, 6) is 1.77. The highest BCUT2D eigenvalue weighted by molar-refractivity contribution is 5.84. The van der Waals surface area contributed by atoms with Crippen molar-refractivity contribution in [1.82, 2.24) is 10.1 Å². The highest BCUT2D eigenvalue weighted by atomic mass is 16.5. The summed E-state index contributed by atoms with van der Waals surface area (Å²) < 4.78 is 16.0. The van der Waals surface area contributed by atoms with Gasteiger partial charge in [0.1, 0.15) is 5.75 Å². The van der Waals surface area contributed by atoms with Crippen LogP contribution in [0.15, 0.2) is 52.0 Å². The van der Waals surface area contributed by atoms with Gasteiger partial charge in [-0.3, -0.25) is 0 Å². The number of ether oxygens (including phenoxy) is 2. The van der Waals surface area contributed by atoms with E-state index < -0.39 is 0 Å². The van der Waals surface area contributed by atoms with Crippen molar-refractivity contribution in [2.75, 3.05) is 33.4 Å². The maximum Gasteiger partial charge on any atom is 0.253 e. The van der Waals surface area contributed by atoms with Crippen molar-refractivity contribution in [2.45, 2.75) is 12.8 Å². The van der Waals surface area contributed by atoms with Gasteiger partial charge in [0.2, 0.25) is 0 Å². The van der Waals surface area contributed by atoms with Gasteiger partial charge in [0, 0.05) is 25.1 Å². The molecule has 0 amide bonds. The Morgan fingerprint density at radius 3 is 2.68 bits per heavy atom. The molecule has 0 saturated carbocycles. The number of aliphatic imine (C=N–C) groups is 1. The van der Waals surface area contributed by atoms with E-state index in [-0.39, 0.29) is 5.92 Å². The lowest BCUT2D eigenvalue weighted by atomic mass is 9.95. The van der Waals surface area contributed by atoms with E-state index in [0.29, 0.717) is 25.1 Å². The van der Waals surface area contributed by atoms with E-state index in [2.05, 4.69) is 41.3 Å². The molecular formula is C21H24N4O3. The fourth-order valence-electron chi connectivity index (χ4n) is 3.32. The fraction of sp³-hybridized carbons (Fsp3) is 0.333. The molecule has 1 atom stereocenters. The zero-order chi connectivity index (χ0) is 19.5.